The normalized spacial score (nSPS) is 29.7. The molecule has 2 N–H and O–H groups in total. The van der Waals surface area contributed by atoms with Crippen LogP contribution in [0.15, 0.2) is 0 Å². The molecule has 2 heterocycles. The topological polar surface area (TPSA) is 72.9 Å². The van der Waals surface area contributed by atoms with Crippen LogP contribution < -0.4 is 5.32 Å². The molecule has 94 valence electrons. The standard InChI is InChI=1S/C9H19N3O3S/c13-8-9-2-1-5-12(9)16(14,15)11-6-3-10-4-7-11/h9-10,13H,1-8H2/t9-/m1/s1. The summed E-state index contributed by atoms with van der Waals surface area (Å²) < 4.78 is 27.5. The van der Waals surface area contributed by atoms with Crippen molar-refractivity contribution in [2.75, 3.05) is 39.3 Å². The maximum absolute atomic E-state index is 12.3. The molecule has 2 aliphatic heterocycles. The minimum atomic E-state index is -3.36. The van der Waals surface area contributed by atoms with Gasteiger partial charge in [-0.15, -0.1) is 0 Å². The summed E-state index contributed by atoms with van der Waals surface area (Å²) in [4.78, 5) is 0. The van der Waals surface area contributed by atoms with Gasteiger partial charge in [0.15, 0.2) is 0 Å². The van der Waals surface area contributed by atoms with E-state index in [4.69, 9.17) is 5.11 Å². The van der Waals surface area contributed by atoms with Crippen LogP contribution in [0.3, 0.4) is 0 Å². The van der Waals surface area contributed by atoms with Gasteiger partial charge in [0.05, 0.1) is 6.61 Å². The first-order chi connectivity index (χ1) is 7.66. The molecule has 2 rings (SSSR count). The SMILES string of the molecule is O=S(=O)(N1CCNCC1)N1CCC[C@@H]1CO. The quantitative estimate of drug-likeness (QED) is 0.645. The summed E-state index contributed by atoms with van der Waals surface area (Å²) in [5.74, 6) is 0. The number of nitrogens with zero attached hydrogens (tertiary/aromatic N) is 2. The fraction of sp³-hybridized carbons (Fsp3) is 1.00. The third-order valence-electron chi connectivity index (χ3n) is 3.23. The summed E-state index contributed by atoms with van der Waals surface area (Å²) in [6.07, 6.45) is 1.61. The molecule has 0 aromatic carbocycles. The average Bonchev–Trinajstić information content (AvgIpc) is 2.79. The zero-order chi connectivity index (χ0) is 11.6. The molecule has 0 saturated carbocycles. The Kier molecular flexibility index (Phi) is 3.81. The van der Waals surface area contributed by atoms with Crippen LogP contribution in [0.5, 0.6) is 0 Å². The molecule has 0 aromatic rings. The van der Waals surface area contributed by atoms with Gasteiger partial charge in [-0.25, -0.2) is 0 Å². The highest BCUT2D eigenvalue weighted by Crippen LogP contribution is 2.22. The maximum atomic E-state index is 12.3. The first-order valence-electron chi connectivity index (χ1n) is 5.75. The summed E-state index contributed by atoms with van der Waals surface area (Å²) in [5.41, 5.74) is 0. The molecule has 16 heavy (non-hydrogen) atoms. The average molecular weight is 249 g/mol. The smallest absolute Gasteiger partial charge is 0.282 e. The molecule has 1 atom stereocenters. The van der Waals surface area contributed by atoms with Crippen LogP contribution in [0.25, 0.3) is 0 Å². The molecule has 0 unspecified atom stereocenters. The molecule has 6 nitrogen and oxygen atoms in total. The lowest BCUT2D eigenvalue weighted by Gasteiger charge is -2.32. The lowest BCUT2D eigenvalue weighted by atomic mass is 10.2. The molecule has 2 fully saturated rings. The fourth-order valence-corrected chi connectivity index (χ4v) is 4.17. The number of hydrogen-bond donors (Lipinski definition) is 2. The second-order valence-electron chi connectivity index (χ2n) is 4.25. The number of piperazine rings is 1. The third kappa shape index (κ3) is 2.23. The van der Waals surface area contributed by atoms with E-state index < -0.39 is 10.2 Å². The Balaban J connectivity index is 2.11. The summed E-state index contributed by atoms with van der Waals surface area (Å²) >= 11 is 0. The lowest BCUT2D eigenvalue weighted by molar-refractivity contribution is 0.204. The van der Waals surface area contributed by atoms with Crippen molar-refractivity contribution >= 4 is 10.2 Å². The van der Waals surface area contributed by atoms with Crippen molar-refractivity contribution in [3.8, 4) is 0 Å². The Bertz CT molecular complexity index is 327. The van der Waals surface area contributed by atoms with Crippen molar-refractivity contribution in [2.24, 2.45) is 0 Å². The van der Waals surface area contributed by atoms with Gasteiger partial charge in [0.25, 0.3) is 10.2 Å². The van der Waals surface area contributed by atoms with Crippen LogP contribution >= 0.6 is 0 Å². The van der Waals surface area contributed by atoms with Crippen molar-refractivity contribution in [1.29, 1.82) is 0 Å². The Hall–Kier alpha value is -0.210. The molecule has 2 saturated heterocycles. The Labute approximate surface area is 96.4 Å². The summed E-state index contributed by atoms with van der Waals surface area (Å²) in [5, 5.41) is 12.3. The van der Waals surface area contributed by atoms with Crippen molar-refractivity contribution in [2.45, 2.75) is 18.9 Å². The highest BCUT2D eigenvalue weighted by molar-refractivity contribution is 7.86. The van der Waals surface area contributed by atoms with Crippen molar-refractivity contribution in [1.82, 2.24) is 13.9 Å². The Morgan fingerprint density at radius 3 is 2.56 bits per heavy atom. The van der Waals surface area contributed by atoms with Gasteiger partial charge in [0.1, 0.15) is 0 Å². The van der Waals surface area contributed by atoms with Gasteiger partial charge >= 0.3 is 0 Å². The van der Waals surface area contributed by atoms with E-state index in [1.165, 1.54) is 8.61 Å². The predicted octanol–water partition coefficient (Wildman–Crippen LogP) is -1.41. The van der Waals surface area contributed by atoms with Gasteiger partial charge in [-0.2, -0.15) is 17.0 Å². The number of aliphatic hydroxyl groups excluding tert-OH is 1. The molecular formula is C9H19N3O3S. The van der Waals surface area contributed by atoms with Crippen LogP contribution in [0.2, 0.25) is 0 Å². The zero-order valence-corrected chi connectivity index (χ0v) is 10.1. The van der Waals surface area contributed by atoms with Crippen LogP contribution in [0.4, 0.5) is 0 Å². The number of rotatable bonds is 3. The van der Waals surface area contributed by atoms with Crippen molar-refractivity contribution in [3.05, 3.63) is 0 Å². The zero-order valence-electron chi connectivity index (χ0n) is 9.30. The molecule has 0 aliphatic carbocycles. The molecule has 0 bridgehead atoms. The second kappa shape index (κ2) is 4.97. The predicted molar refractivity (Wildman–Crippen MR) is 60.2 cm³/mol. The minimum absolute atomic E-state index is 0.0781. The molecule has 0 spiro atoms. The van der Waals surface area contributed by atoms with Crippen LogP contribution in [0, 0.1) is 0 Å². The molecule has 7 heteroatoms. The highest BCUT2D eigenvalue weighted by atomic mass is 32.2. The van der Waals surface area contributed by atoms with Gasteiger partial charge in [0, 0.05) is 38.8 Å². The Morgan fingerprint density at radius 1 is 1.25 bits per heavy atom. The molecule has 0 amide bonds. The summed E-state index contributed by atoms with van der Waals surface area (Å²) in [6, 6.07) is -0.222. The highest BCUT2D eigenvalue weighted by Gasteiger charge is 2.37. The van der Waals surface area contributed by atoms with Crippen LogP contribution in [-0.2, 0) is 10.2 Å². The minimum Gasteiger partial charge on any atom is -0.395 e. The van der Waals surface area contributed by atoms with Crippen LogP contribution in [0.1, 0.15) is 12.8 Å². The molecular weight excluding hydrogens is 230 g/mol. The van der Waals surface area contributed by atoms with E-state index >= 15 is 0 Å². The lowest BCUT2D eigenvalue weighted by Crippen LogP contribution is -2.53. The van der Waals surface area contributed by atoms with E-state index in [2.05, 4.69) is 5.32 Å². The van der Waals surface area contributed by atoms with E-state index in [0.29, 0.717) is 32.7 Å². The first-order valence-corrected chi connectivity index (χ1v) is 7.14. The number of hydrogen-bond acceptors (Lipinski definition) is 4. The van der Waals surface area contributed by atoms with E-state index in [1.807, 2.05) is 0 Å². The monoisotopic (exact) mass is 249 g/mol. The number of nitrogens with one attached hydrogen (secondary N) is 1. The van der Waals surface area contributed by atoms with Gasteiger partial charge in [-0.1, -0.05) is 0 Å². The second-order valence-corrected chi connectivity index (χ2v) is 6.13. The van der Waals surface area contributed by atoms with E-state index in [1.54, 1.807) is 0 Å². The molecule has 2 aliphatic rings. The molecule has 0 radical (unpaired) electrons. The van der Waals surface area contributed by atoms with Crippen molar-refractivity contribution < 1.29 is 13.5 Å². The van der Waals surface area contributed by atoms with Crippen molar-refractivity contribution in [3.63, 3.8) is 0 Å². The van der Waals surface area contributed by atoms with Gasteiger partial charge in [0.2, 0.25) is 0 Å². The number of aliphatic hydroxyl groups is 1. The van der Waals surface area contributed by atoms with E-state index in [-0.39, 0.29) is 12.6 Å². The van der Waals surface area contributed by atoms with Gasteiger partial charge in [-0.05, 0) is 12.8 Å². The molecule has 0 aromatic heterocycles. The van der Waals surface area contributed by atoms with Gasteiger partial charge < -0.3 is 10.4 Å². The maximum Gasteiger partial charge on any atom is 0.282 e. The van der Waals surface area contributed by atoms with E-state index in [0.717, 1.165) is 12.8 Å². The summed E-state index contributed by atoms with van der Waals surface area (Å²) in [6.45, 7) is 2.92. The third-order valence-corrected chi connectivity index (χ3v) is 5.32. The Morgan fingerprint density at radius 2 is 1.94 bits per heavy atom. The first kappa shape index (κ1) is 12.3. The largest absolute Gasteiger partial charge is 0.395 e. The van der Waals surface area contributed by atoms with Crippen LogP contribution in [-0.4, -0.2) is 67.5 Å². The fourth-order valence-electron chi connectivity index (χ4n) is 2.32. The van der Waals surface area contributed by atoms with E-state index in [9.17, 15) is 8.42 Å². The van der Waals surface area contributed by atoms with Gasteiger partial charge in [-0.3, -0.25) is 0 Å². The summed E-state index contributed by atoms with van der Waals surface area (Å²) in [7, 11) is -3.36.